The molecule has 2 aromatic rings. The average Bonchev–Trinajstić information content (AvgIpc) is 3.10. The quantitative estimate of drug-likeness (QED) is 0.796. The van der Waals surface area contributed by atoms with Gasteiger partial charge in [0.1, 0.15) is 18.3 Å². The van der Waals surface area contributed by atoms with E-state index in [1.54, 1.807) is 4.90 Å². The van der Waals surface area contributed by atoms with Crippen molar-refractivity contribution in [3.63, 3.8) is 0 Å². The molecular formula is C24H28N2O5. The van der Waals surface area contributed by atoms with Crippen molar-refractivity contribution in [1.29, 1.82) is 0 Å². The van der Waals surface area contributed by atoms with Crippen LogP contribution >= 0.6 is 0 Å². The van der Waals surface area contributed by atoms with Gasteiger partial charge in [-0.05, 0) is 17.7 Å². The molecule has 7 nitrogen and oxygen atoms in total. The molecule has 1 N–H and O–H groups in total. The standard InChI is InChI=1S/C24H28N2O5/c27-19(22-16-29-20-8-4-5-9-21(20)30-22)15-25-12-10-24(11-13-25)17-26(23(28)31-24)14-18-6-2-1-3-7-18/h1-9,19,22,27H,10-17H2. The van der Waals surface area contributed by atoms with Crippen molar-refractivity contribution >= 4 is 6.09 Å². The molecule has 2 aromatic carbocycles. The number of benzene rings is 2. The normalized spacial score (nSPS) is 23.6. The maximum Gasteiger partial charge on any atom is 0.410 e. The lowest BCUT2D eigenvalue weighted by Crippen LogP contribution is -2.51. The van der Waals surface area contributed by atoms with Crippen molar-refractivity contribution in [2.75, 3.05) is 32.8 Å². The molecule has 2 saturated heterocycles. The van der Waals surface area contributed by atoms with Gasteiger partial charge in [0.25, 0.3) is 0 Å². The lowest BCUT2D eigenvalue weighted by molar-refractivity contribution is -0.0451. The Balaban J connectivity index is 1.13. The van der Waals surface area contributed by atoms with E-state index in [-0.39, 0.29) is 6.09 Å². The molecule has 1 amide bonds. The van der Waals surface area contributed by atoms with Crippen molar-refractivity contribution in [1.82, 2.24) is 9.80 Å². The Bertz CT molecular complexity index is 913. The molecule has 3 heterocycles. The molecule has 3 aliphatic rings. The second-order valence-electron chi connectivity index (χ2n) is 8.67. The number of para-hydroxylation sites is 2. The number of nitrogens with zero attached hydrogens (tertiary/aromatic N) is 2. The summed E-state index contributed by atoms with van der Waals surface area (Å²) in [5.41, 5.74) is 0.685. The Hall–Kier alpha value is -2.77. The van der Waals surface area contributed by atoms with Gasteiger partial charge in [-0.2, -0.15) is 0 Å². The molecule has 5 rings (SSSR count). The molecule has 2 fully saturated rings. The molecule has 7 heteroatoms. The molecule has 0 saturated carbocycles. The van der Waals surface area contributed by atoms with Gasteiger partial charge < -0.3 is 24.2 Å². The number of carbonyl (C=O) groups is 1. The van der Waals surface area contributed by atoms with E-state index in [4.69, 9.17) is 14.2 Å². The average molecular weight is 424 g/mol. The number of carbonyl (C=O) groups excluding carboxylic acids is 1. The Kier molecular flexibility index (Phi) is 5.46. The first kappa shape index (κ1) is 20.2. The summed E-state index contributed by atoms with van der Waals surface area (Å²) < 4.78 is 17.5. The molecule has 0 bridgehead atoms. The van der Waals surface area contributed by atoms with Crippen molar-refractivity contribution in [2.24, 2.45) is 0 Å². The number of aliphatic hydroxyl groups excluding tert-OH is 1. The maximum absolute atomic E-state index is 12.4. The van der Waals surface area contributed by atoms with Crippen LogP contribution < -0.4 is 9.47 Å². The fourth-order valence-corrected chi connectivity index (χ4v) is 4.63. The molecular weight excluding hydrogens is 396 g/mol. The second-order valence-corrected chi connectivity index (χ2v) is 8.67. The summed E-state index contributed by atoms with van der Waals surface area (Å²) in [6, 6.07) is 17.5. The maximum atomic E-state index is 12.4. The predicted molar refractivity (Wildman–Crippen MR) is 114 cm³/mol. The number of ether oxygens (including phenoxy) is 3. The highest BCUT2D eigenvalue weighted by Crippen LogP contribution is 2.35. The van der Waals surface area contributed by atoms with Crippen molar-refractivity contribution in [2.45, 2.75) is 37.2 Å². The zero-order chi connectivity index (χ0) is 21.3. The number of rotatable bonds is 5. The van der Waals surface area contributed by atoms with E-state index < -0.39 is 17.8 Å². The van der Waals surface area contributed by atoms with Gasteiger partial charge in [0, 0.05) is 39.0 Å². The van der Waals surface area contributed by atoms with E-state index in [1.165, 1.54) is 0 Å². The van der Waals surface area contributed by atoms with Crippen LogP contribution in [0.25, 0.3) is 0 Å². The summed E-state index contributed by atoms with van der Waals surface area (Å²) in [5.74, 6) is 1.39. The van der Waals surface area contributed by atoms with Crippen LogP contribution in [0, 0.1) is 0 Å². The number of aliphatic hydroxyl groups is 1. The van der Waals surface area contributed by atoms with E-state index in [0.717, 1.165) is 31.5 Å². The number of fused-ring (bicyclic) bond motifs is 1. The Morgan fingerprint density at radius 3 is 2.52 bits per heavy atom. The minimum absolute atomic E-state index is 0.233. The molecule has 1 spiro atoms. The first-order valence-corrected chi connectivity index (χ1v) is 10.9. The second kappa shape index (κ2) is 8.40. The van der Waals surface area contributed by atoms with Crippen LogP contribution in [0.2, 0.25) is 0 Å². The van der Waals surface area contributed by atoms with Gasteiger partial charge >= 0.3 is 6.09 Å². The molecule has 31 heavy (non-hydrogen) atoms. The van der Waals surface area contributed by atoms with E-state index in [1.807, 2.05) is 54.6 Å². The zero-order valence-corrected chi connectivity index (χ0v) is 17.5. The Morgan fingerprint density at radius 1 is 1.03 bits per heavy atom. The van der Waals surface area contributed by atoms with Crippen LogP contribution in [0.15, 0.2) is 54.6 Å². The number of amides is 1. The highest BCUT2D eigenvalue weighted by Gasteiger charge is 2.47. The molecule has 0 radical (unpaired) electrons. The van der Waals surface area contributed by atoms with Crippen LogP contribution in [0.4, 0.5) is 4.79 Å². The zero-order valence-electron chi connectivity index (χ0n) is 17.5. The minimum atomic E-state index is -0.650. The summed E-state index contributed by atoms with van der Waals surface area (Å²) >= 11 is 0. The lowest BCUT2D eigenvalue weighted by Gasteiger charge is -2.39. The van der Waals surface area contributed by atoms with Crippen molar-refractivity contribution in [3.05, 3.63) is 60.2 Å². The van der Waals surface area contributed by atoms with E-state index in [9.17, 15) is 9.90 Å². The van der Waals surface area contributed by atoms with Gasteiger partial charge in [-0.15, -0.1) is 0 Å². The van der Waals surface area contributed by atoms with E-state index in [2.05, 4.69) is 4.90 Å². The van der Waals surface area contributed by atoms with Gasteiger partial charge in [0.2, 0.25) is 0 Å². The third-order valence-corrected chi connectivity index (χ3v) is 6.43. The first-order valence-electron chi connectivity index (χ1n) is 10.9. The molecule has 0 aliphatic carbocycles. The third kappa shape index (κ3) is 4.34. The van der Waals surface area contributed by atoms with E-state index >= 15 is 0 Å². The highest BCUT2D eigenvalue weighted by molar-refractivity contribution is 5.70. The van der Waals surface area contributed by atoms with Gasteiger partial charge in [-0.1, -0.05) is 42.5 Å². The van der Waals surface area contributed by atoms with Crippen molar-refractivity contribution < 1.29 is 24.1 Å². The first-order chi connectivity index (χ1) is 15.1. The summed E-state index contributed by atoms with van der Waals surface area (Å²) in [7, 11) is 0. The topological polar surface area (TPSA) is 71.5 Å². The highest BCUT2D eigenvalue weighted by atomic mass is 16.6. The number of piperidine rings is 1. The van der Waals surface area contributed by atoms with Gasteiger partial charge in [-0.3, -0.25) is 4.90 Å². The van der Waals surface area contributed by atoms with Crippen LogP contribution in [-0.4, -0.2) is 71.6 Å². The molecule has 2 unspecified atom stereocenters. The van der Waals surface area contributed by atoms with Gasteiger partial charge in [0.05, 0.1) is 6.54 Å². The van der Waals surface area contributed by atoms with Crippen LogP contribution in [0.5, 0.6) is 11.5 Å². The van der Waals surface area contributed by atoms with Crippen LogP contribution in [0.1, 0.15) is 18.4 Å². The fraction of sp³-hybridized carbons (Fsp3) is 0.458. The van der Waals surface area contributed by atoms with Gasteiger partial charge in [0.15, 0.2) is 17.6 Å². The minimum Gasteiger partial charge on any atom is -0.486 e. The predicted octanol–water partition coefficient (Wildman–Crippen LogP) is 2.67. The number of β-amino-alcohol motifs (C(OH)–C–C–N with tert-alkyl or cyclic N) is 1. The summed E-state index contributed by atoms with van der Waals surface area (Å²) in [6.45, 7) is 3.58. The van der Waals surface area contributed by atoms with Crippen LogP contribution in [0.3, 0.4) is 0 Å². The number of likely N-dealkylation sites (tertiary alicyclic amines) is 1. The monoisotopic (exact) mass is 424 g/mol. The lowest BCUT2D eigenvalue weighted by atomic mass is 9.91. The largest absolute Gasteiger partial charge is 0.486 e. The fourth-order valence-electron chi connectivity index (χ4n) is 4.63. The van der Waals surface area contributed by atoms with Crippen molar-refractivity contribution in [3.8, 4) is 11.5 Å². The summed E-state index contributed by atoms with van der Waals surface area (Å²) in [4.78, 5) is 16.5. The molecule has 164 valence electrons. The SMILES string of the molecule is O=C1OC2(CCN(CC(O)C3COc4ccccc4O3)CC2)CN1Cc1ccccc1. The Labute approximate surface area is 182 Å². The Morgan fingerprint density at radius 2 is 1.74 bits per heavy atom. The number of hydrogen-bond donors (Lipinski definition) is 1. The molecule has 3 aliphatic heterocycles. The molecule has 2 atom stereocenters. The van der Waals surface area contributed by atoms with E-state index in [0.29, 0.717) is 37.7 Å². The smallest absolute Gasteiger partial charge is 0.410 e. The van der Waals surface area contributed by atoms with Crippen LogP contribution in [-0.2, 0) is 11.3 Å². The number of hydrogen-bond acceptors (Lipinski definition) is 6. The third-order valence-electron chi connectivity index (χ3n) is 6.43. The molecule has 0 aromatic heterocycles. The summed E-state index contributed by atoms with van der Waals surface area (Å²) in [6.07, 6.45) is 0.256. The van der Waals surface area contributed by atoms with Gasteiger partial charge in [-0.25, -0.2) is 4.79 Å². The summed E-state index contributed by atoms with van der Waals surface area (Å²) in [5, 5.41) is 10.7.